The van der Waals surface area contributed by atoms with Crippen molar-refractivity contribution in [3.8, 4) is 0 Å². The second-order valence-corrected chi connectivity index (χ2v) is 5.82. The predicted octanol–water partition coefficient (Wildman–Crippen LogP) is 2.55. The second-order valence-electron chi connectivity index (χ2n) is 5.82. The van der Waals surface area contributed by atoms with E-state index in [0.717, 1.165) is 25.1 Å². The normalized spacial score (nSPS) is 22.9. The van der Waals surface area contributed by atoms with Gasteiger partial charge in [-0.3, -0.25) is 4.99 Å². The third-order valence-corrected chi connectivity index (χ3v) is 4.11. The highest BCUT2D eigenvalue weighted by Crippen LogP contribution is 2.53. The third-order valence-electron chi connectivity index (χ3n) is 4.11. The van der Waals surface area contributed by atoms with Crippen molar-refractivity contribution in [2.75, 3.05) is 26.8 Å². The summed E-state index contributed by atoms with van der Waals surface area (Å²) in [6, 6.07) is 8.35. The van der Waals surface area contributed by atoms with Crippen LogP contribution in [0.25, 0.3) is 0 Å². The number of benzene rings is 1. The Morgan fingerprint density at radius 1 is 1.46 bits per heavy atom. The van der Waals surface area contributed by atoms with Crippen molar-refractivity contribution in [1.29, 1.82) is 0 Å². The molecule has 0 saturated heterocycles. The van der Waals surface area contributed by atoms with E-state index >= 15 is 0 Å². The van der Waals surface area contributed by atoms with Crippen LogP contribution in [0.1, 0.15) is 31.4 Å². The summed E-state index contributed by atoms with van der Waals surface area (Å²) in [5.41, 5.74) is 6.76. The molecule has 132 valence electrons. The van der Waals surface area contributed by atoms with Gasteiger partial charge in [0.05, 0.1) is 13.2 Å². The number of rotatable bonds is 7. The maximum absolute atomic E-state index is 11.2. The number of carbonyl (C=O) groups excluding carboxylic acids is 1. The summed E-state index contributed by atoms with van der Waals surface area (Å²) in [6.45, 7) is 7.65. The zero-order chi connectivity index (χ0) is 18.0. The molecule has 2 rings (SSSR count). The average Bonchev–Trinajstić information content (AvgIpc) is 3.31. The first-order valence-corrected chi connectivity index (χ1v) is 8.34. The van der Waals surface area contributed by atoms with Crippen LogP contribution in [0.4, 0.5) is 0 Å². The van der Waals surface area contributed by atoms with Crippen molar-refractivity contribution in [3.63, 3.8) is 0 Å². The molecule has 0 heterocycles. The smallest absolute Gasteiger partial charge is 0.124 e. The van der Waals surface area contributed by atoms with E-state index < -0.39 is 0 Å². The van der Waals surface area contributed by atoms with Gasteiger partial charge in [0.15, 0.2) is 0 Å². The van der Waals surface area contributed by atoms with E-state index in [-0.39, 0.29) is 11.3 Å². The molecule has 0 aliphatic heterocycles. The van der Waals surface area contributed by atoms with Gasteiger partial charge in [0.2, 0.25) is 0 Å². The maximum atomic E-state index is 11.2. The van der Waals surface area contributed by atoms with Crippen LogP contribution in [-0.4, -0.2) is 45.1 Å². The zero-order valence-electron chi connectivity index (χ0n) is 15.2. The molecule has 1 fully saturated rings. The number of hydrogen-bond acceptors (Lipinski definition) is 4. The van der Waals surface area contributed by atoms with Crippen LogP contribution in [0.2, 0.25) is 0 Å². The van der Waals surface area contributed by atoms with E-state index in [1.165, 1.54) is 18.2 Å². The summed E-state index contributed by atoms with van der Waals surface area (Å²) in [6.07, 6.45) is 3.65. The fourth-order valence-electron chi connectivity index (χ4n) is 2.78. The molecule has 0 bridgehead atoms. The van der Waals surface area contributed by atoms with Crippen LogP contribution >= 0.6 is 0 Å². The SMILES string of the molecule is CCN=C(C)N=CCOCC1(c2cccc(C)c2)CC1C=O.CN. The molecule has 2 atom stereocenters. The number of carbonyl (C=O) groups is 1. The van der Waals surface area contributed by atoms with E-state index in [4.69, 9.17) is 4.74 Å². The van der Waals surface area contributed by atoms with Gasteiger partial charge in [0, 0.05) is 24.1 Å². The molecule has 0 amide bonds. The number of aryl methyl sites for hydroxylation is 1. The van der Waals surface area contributed by atoms with E-state index in [9.17, 15) is 4.79 Å². The van der Waals surface area contributed by atoms with Crippen molar-refractivity contribution >= 4 is 18.3 Å². The van der Waals surface area contributed by atoms with Crippen molar-refractivity contribution in [3.05, 3.63) is 35.4 Å². The number of nitrogens with zero attached hydrogens (tertiary/aromatic N) is 2. The molecule has 0 spiro atoms. The number of nitrogens with two attached hydrogens (primary N) is 1. The largest absolute Gasteiger partial charge is 0.375 e. The maximum Gasteiger partial charge on any atom is 0.124 e. The van der Waals surface area contributed by atoms with Gasteiger partial charge in [0.1, 0.15) is 12.1 Å². The second kappa shape index (κ2) is 10.1. The fourth-order valence-corrected chi connectivity index (χ4v) is 2.78. The van der Waals surface area contributed by atoms with Crippen molar-refractivity contribution in [2.45, 2.75) is 32.6 Å². The number of aliphatic imine (C=N–C) groups is 2. The minimum atomic E-state index is -0.145. The van der Waals surface area contributed by atoms with Gasteiger partial charge < -0.3 is 15.3 Å². The van der Waals surface area contributed by atoms with E-state index in [0.29, 0.717) is 13.2 Å². The lowest BCUT2D eigenvalue weighted by molar-refractivity contribution is -0.109. The Morgan fingerprint density at radius 3 is 2.79 bits per heavy atom. The van der Waals surface area contributed by atoms with Gasteiger partial charge >= 0.3 is 0 Å². The summed E-state index contributed by atoms with van der Waals surface area (Å²) in [5, 5.41) is 0. The van der Waals surface area contributed by atoms with E-state index in [1.807, 2.05) is 19.9 Å². The molecular weight excluding hydrogens is 302 g/mol. The van der Waals surface area contributed by atoms with Gasteiger partial charge in [-0.05, 0) is 39.8 Å². The van der Waals surface area contributed by atoms with Crippen LogP contribution < -0.4 is 5.73 Å². The summed E-state index contributed by atoms with van der Waals surface area (Å²) < 4.78 is 5.75. The lowest BCUT2D eigenvalue weighted by atomic mass is 9.93. The standard InChI is InChI=1S/C18H24N2O2.CH5N/c1-4-19-15(3)20-8-9-22-13-18(11-17(18)12-21)16-7-5-6-14(2)10-16;1-2/h5-8,10,12,17H,4,9,11,13H2,1-3H3;2H2,1H3. The van der Waals surface area contributed by atoms with E-state index in [2.05, 4.69) is 40.8 Å². The molecule has 0 radical (unpaired) electrons. The van der Waals surface area contributed by atoms with Crippen LogP contribution in [0.3, 0.4) is 0 Å². The molecule has 24 heavy (non-hydrogen) atoms. The number of ether oxygens (including phenoxy) is 1. The van der Waals surface area contributed by atoms with Gasteiger partial charge in [-0.1, -0.05) is 29.8 Å². The fraction of sp³-hybridized carbons (Fsp3) is 0.526. The molecule has 1 aliphatic rings. The van der Waals surface area contributed by atoms with Crippen LogP contribution in [0.5, 0.6) is 0 Å². The minimum absolute atomic E-state index is 0.0645. The van der Waals surface area contributed by atoms with Crippen molar-refractivity contribution in [1.82, 2.24) is 0 Å². The molecular formula is C19H29N3O2. The van der Waals surface area contributed by atoms with Gasteiger partial charge in [0.25, 0.3) is 0 Å². The quantitative estimate of drug-likeness (QED) is 0.361. The van der Waals surface area contributed by atoms with Crippen LogP contribution in [-0.2, 0) is 14.9 Å². The summed E-state index contributed by atoms with van der Waals surface area (Å²) >= 11 is 0. The molecule has 5 heteroatoms. The Hall–Kier alpha value is -1.85. The highest BCUT2D eigenvalue weighted by Gasteiger charge is 2.55. The number of hydrogen-bond donors (Lipinski definition) is 1. The van der Waals surface area contributed by atoms with Crippen LogP contribution in [0, 0.1) is 12.8 Å². The van der Waals surface area contributed by atoms with Crippen LogP contribution in [0.15, 0.2) is 34.3 Å². The van der Waals surface area contributed by atoms with E-state index in [1.54, 1.807) is 6.21 Å². The molecule has 2 N–H and O–H groups in total. The molecule has 2 unspecified atom stereocenters. The summed E-state index contributed by atoms with van der Waals surface area (Å²) in [4.78, 5) is 19.6. The number of aldehydes is 1. The average molecular weight is 331 g/mol. The lowest BCUT2D eigenvalue weighted by Crippen LogP contribution is -2.20. The Bertz CT molecular complexity index is 584. The minimum Gasteiger partial charge on any atom is -0.375 e. The summed E-state index contributed by atoms with van der Waals surface area (Å²) in [5.74, 6) is 0.825. The third kappa shape index (κ3) is 5.35. The molecule has 5 nitrogen and oxygen atoms in total. The lowest BCUT2D eigenvalue weighted by Gasteiger charge is -2.17. The molecule has 1 aromatic rings. The van der Waals surface area contributed by atoms with Crippen molar-refractivity contribution in [2.24, 2.45) is 21.6 Å². The highest BCUT2D eigenvalue weighted by molar-refractivity contribution is 5.87. The first-order chi connectivity index (χ1) is 11.6. The monoisotopic (exact) mass is 331 g/mol. The van der Waals surface area contributed by atoms with Gasteiger partial charge in [-0.15, -0.1) is 0 Å². The summed E-state index contributed by atoms with van der Waals surface area (Å²) in [7, 11) is 1.50. The molecule has 0 aromatic heterocycles. The molecule has 1 aliphatic carbocycles. The Labute approximate surface area is 145 Å². The topological polar surface area (TPSA) is 77.0 Å². The Kier molecular flexibility index (Phi) is 8.50. The zero-order valence-corrected chi connectivity index (χ0v) is 15.2. The highest BCUT2D eigenvalue weighted by atomic mass is 16.5. The van der Waals surface area contributed by atoms with Crippen molar-refractivity contribution < 1.29 is 9.53 Å². The molecule has 1 saturated carbocycles. The van der Waals surface area contributed by atoms with Gasteiger partial charge in [-0.25, -0.2) is 4.99 Å². The predicted molar refractivity (Wildman–Crippen MR) is 100 cm³/mol. The first-order valence-electron chi connectivity index (χ1n) is 8.34. The Morgan fingerprint density at radius 2 is 2.21 bits per heavy atom. The molecule has 1 aromatic carbocycles. The number of amidine groups is 1. The Balaban J connectivity index is 0.00000139. The first kappa shape index (κ1) is 20.2. The van der Waals surface area contributed by atoms with Gasteiger partial charge in [-0.2, -0.15) is 0 Å².